The number of carbonyl (C=O) groups is 2. The molecular formula is C21H13FN2O5S. The number of hydrogen-bond donors (Lipinski definition) is 0. The summed E-state index contributed by atoms with van der Waals surface area (Å²) in [6.45, 7) is 0. The van der Waals surface area contributed by atoms with Gasteiger partial charge in [-0.1, -0.05) is 0 Å². The molecule has 30 heavy (non-hydrogen) atoms. The van der Waals surface area contributed by atoms with Crippen molar-refractivity contribution in [1.29, 1.82) is 0 Å². The summed E-state index contributed by atoms with van der Waals surface area (Å²) in [5, 5.41) is 10.9. The van der Waals surface area contributed by atoms with Gasteiger partial charge in [0.2, 0.25) is 0 Å². The van der Waals surface area contributed by atoms with Gasteiger partial charge < -0.3 is 4.42 Å². The van der Waals surface area contributed by atoms with Gasteiger partial charge in [-0.3, -0.25) is 19.7 Å². The molecule has 4 rings (SSSR count). The van der Waals surface area contributed by atoms with Crippen molar-refractivity contribution in [2.24, 2.45) is 0 Å². The Labute approximate surface area is 173 Å². The minimum Gasteiger partial charge on any atom is -0.468 e. The molecule has 0 unspecified atom stereocenters. The van der Waals surface area contributed by atoms with E-state index in [1.165, 1.54) is 42.7 Å². The third-order valence-electron chi connectivity index (χ3n) is 4.43. The first kappa shape index (κ1) is 19.6. The van der Waals surface area contributed by atoms with Crippen LogP contribution in [0.3, 0.4) is 0 Å². The number of rotatable bonds is 6. The number of nitro groups is 1. The van der Waals surface area contributed by atoms with E-state index < -0.39 is 22.6 Å². The highest BCUT2D eigenvalue weighted by atomic mass is 32.2. The Morgan fingerprint density at radius 3 is 2.30 bits per heavy atom. The molecule has 0 spiro atoms. The molecular weight excluding hydrogens is 411 g/mol. The summed E-state index contributed by atoms with van der Waals surface area (Å²) in [5.74, 6) is -0.682. The predicted molar refractivity (Wildman–Crippen MR) is 109 cm³/mol. The Balaban J connectivity index is 1.74. The third-order valence-corrected chi connectivity index (χ3v) is 5.53. The van der Waals surface area contributed by atoms with Gasteiger partial charge in [-0.05, 0) is 54.1 Å². The molecule has 3 aromatic rings. The van der Waals surface area contributed by atoms with E-state index in [-0.39, 0.29) is 21.9 Å². The van der Waals surface area contributed by atoms with Gasteiger partial charge in [0.25, 0.3) is 17.5 Å². The summed E-state index contributed by atoms with van der Waals surface area (Å²) >= 11 is 1.13. The number of nitro benzene ring substituents is 1. The molecule has 0 saturated heterocycles. The summed E-state index contributed by atoms with van der Waals surface area (Å²) in [6, 6.07) is 13.9. The molecule has 1 aliphatic heterocycles. The molecule has 2 heterocycles. The molecule has 0 fully saturated rings. The Kier molecular flexibility index (Phi) is 5.20. The lowest BCUT2D eigenvalue weighted by molar-refractivity contribution is -0.384. The Morgan fingerprint density at radius 2 is 1.70 bits per heavy atom. The molecule has 0 aliphatic carbocycles. The number of hydrogen-bond acceptors (Lipinski definition) is 6. The SMILES string of the molecule is O=C1C(SCc2ccco2)=C(c2ccc([N+](=O)[O-])cc2)C(=O)N1c1ccc(F)cc1. The van der Waals surface area contributed by atoms with Crippen LogP contribution in [-0.4, -0.2) is 16.7 Å². The van der Waals surface area contributed by atoms with Crippen molar-refractivity contribution < 1.29 is 23.3 Å². The zero-order chi connectivity index (χ0) is 21.3. The maximum atomic E-state index is 13.3. The van der Waals surface area contributed by atoms with E-state index in [4.69, 9.17) is 4.42 Å². The van der Waals surface area contributed by atoms with E-state index in [1.54, 1.807) is 12.1 Å². The van der Waals surface area contributed by atoms with E-state index in [0.717, 1.165) is 28.8 Å². The number of thioether (sulfide) groups is 1. The van der Waals surface area contributed by atoms with Gasteiger partial charge in [0.1, 0.15) is 11.6 Å². The molecule has 9 heteroatoms. The molecule has 0 saturated carbocycles. The molecule has 0 bridgehead atoms. The number of nitrogens with zero attached hydrogens (tertiary/aromatic N) is 2. The highest BCUT2D eigenvalue weighted by molar-refractivity contribution is 8.03. The van der Waals surface area contributed by atoms with E-state index in [2.05, 4.69) is 0 Å². The Hall–Kier alpha value is -3.72. The fourth-order valence-electron chi connectivity index (χ4n) is 3.01. The van der Waals surface area contributed by atoms with Crippen molar-refractivity contribution in [3.8, 4) is 0 Å². The van der Waals surface area contributed by atoms with Crippen LogP contribution in [0, 0.1) is 15.9 Å². The Bertz CT molecular complexity index is 1160. The topological polar surface area (TPSA) is 93.7 Å². The van der Waals surface area contributed by atoms with Gasteiger partial charge in [0.15, 0.2) is 0 Å². The zero-order valence-electron chi connectivity index (χ0n) is 15.3. The molecule has 1 aromatic heterocycles. The maximum absolute atomic E-state index is 13.3. The highest BCUT2D eigenvalue weighted by Gasteiger charge is 2.40. The number of carbonyl (C=O) groups excluding carboxylic acids is 2. The third kappa shape index (κ3) is 3.62. The molecule has 150 valence electrons. The zero-order valence-corrected chi connectivity index (χ0v) is 16.1. The second-order valence-corrected chi connectivity index (χ2v) is 7.28. The quantitative estimate of drug-likeness (QED) is 0.328. The predicted octanol–water partition coefficient (Wildman–Crippen LogP) is 4.54. The second kappa shape index (κ2) is 7.96. The minimum absolute atomic E-state index is 0.128. The molecule has 2 aromatic carbocycles. The van der Waals surface area contributed by atoms with E-state index in [9.17, 15) is 24.1 Å². The number of anilines is 1. The maximum Gasteiger partial charge on any atom is 0.272 e. The van der Waals surface area contributed by atoms with E-state index in [0.29, 0.717) is 17.1 Å². The summed E-state index contributed by atoms with van der Waals surface area (Å²) < 4.78 is 18.6. The molecule has 0 N–H and O–H groups in total. The van der Waals surface area contributed by atoms with Crippen molar-refractivity contribution in [1.82, 2.24) is 0 Å². The van der Waals surface area contributed by atoms with Crippen LogP contribution in [0.5, 0.6) is 0 Å². The first-order valence-corrected chi connectivity index (χ1v) is 9.73. The van der Waals surface area contributed by atoms with Crippen LogP contribution in [0.2, 0.25) is 0 Å². The molecule has 2 amide bonds. The van der Waals surface area contributed by atoms with Crippen molar-refractivity contribution >= 4 is 40.5 Å². The first-order valence-electron chi connectivity index (χ1n) is 8.74. The molecule has 7 nitrogen and oxygen atoms in total. The highest BCUT2D eigenvalue weighted by Crippen LogP contribution is 2.40. The lowest BCUT2D eigenvalue weighted by atomic mass is 10.1. The van der Waals surface area contributed by atoms with Gasteiger partial charge >= 0.3 is 0 Å². The average molecular weight is 424 g/mol. The summed E-state index contributed by atoms with van der Waals surface area (Å²) in [7, 11) is 0. The summed E-state index contributed by atoms with van der Waals surface area (Å²) in [6.07, 6.45) is 1.51. The van der Waals surface area contributed by atoms with Gasteiger partial charge in [-0.25, -0.2) is 9.29 Å². The van der Waals surface area contributed by atoms with Gasteiger partial charge in [0.05, 0.1) is 33.1 Å². The van der Waals surface area contributed by atoms with Crippen molar-refractivity contribution in [3.05, 3.63) is 99.1 Å². The summed E-state index contributed by atoms with van der Waals surface area (Å²) in [5.41, 5.74) is 0.622. The van der Waals surface area contributed by atoms with Crippen molar-refractivity contribution in [2.75, 3.05) is 4.90 Å². The average Bonchev–Trinajstić information content (AvgIpc) is 3.34. The number of benzene rings is 2. The molecule has 0 radical (unpaired) electrons. The van der Waals surface area contributed by atoms with Crippen LogP contribution < -0.4 is 4.90 Å². The van der Waals surface area contributed by atoms with Gasteiger partial charge in [-0.2, -0.15) is 0 Å². The van der Waals surface area contributed by atoms with Crippen LogP contribution in [0.4, 0.5) is 15.8 Å². The molecule has 0 atom stereocenters. The smallest absolute Gasteiger partial charge is 0.272 e. The summed E-state index contributed by atoms with van der Waals surface area (Å²) in [4.78, 5) is 37.8. The normalized spacial score (nSPS) is 14.0. The van der Waals surface area contributed by atoms with Crippen molar-refractivity contribution in [3.63, 3.8) is 0 Å². The number of furan rings is 1. The Morgan fingerprint density at radius 1 is 1.00 bits per heavy atom. The minimum atomic E-state index is -0.581. The van der Waals surface area contributed by atoms with Gasteiger partial charge in [0, 0.05) is 12.1 Å². The monoisotopic (exact) mass is 424 g/mol. The fourth-order valence-corrected chi connectivity index (χ4v) is 4.03. The van der Waals surface area contributed by atoms with Crippen LogP contribution in [0.15, 0.2) is 76.2 Å². The largest absolute Gasteiger partial charge is 0.468 e. The van der Waals surface area contributed by atoms with Crippen LogP contribution in [-0.2, 0) is 15.3 Å². The van der Waals surface area contributed by atoms with Crippen molar-refractivity contribution in [2.45, 2.75) is 5.75 Å². The number of non-ortho nitro benzene ring substituents is 1. The van der Waals surface area contributed by atoms with Gasteiger partial charge in [-0.15, -0.1) is 11.8 Å². The number of amides is 2. The number of halogens is 1. The lowest BCUT2D eigenvalue weighted by Crippen LogP contribution is -2.31. The lowest BCUT2D eigenvalue weighted by Gasteiger charge is -2.15. The van der Waals surface area contributed by atoms with E-state index >= 15 is 0 Å². The van der Waals surface area contributed by atoms with Crippen LogP contribution >= 0.6 is 11.8 Å². The van der Waals surface area contributed by atoms with Crippen LogP contribution in [0.25, 0.3) is 5.57 Å². The first-order chi connectivity index (χ1) is 14.5. The fraction of sp³-hybridized carbons (Fsp3) is 0.0476. The van der Waals surface area contributed by atoms with Crippen LogP contribution in [0.1, 0.15) is 11.3 Å². The molecule has 1 aliphatic rings. The standard InChI is InChI=1S/C21H13FN2O5S/c22-14-5-9-15(10-6-14)23-20(25)18(13-3-7-16(8-4-13)24(27)28)19(21(23)26)30-12-17-2-1-11-29-17/h1-11H,12H2. The van der Waals surface area contributed by atoms with E-state index in [1.807, 2.05) is 0 Å². The second-order valence-electron chi connectivity index (χ2n) is 6.30. The number of imide groups is 1.